The van der Waals surface area contributed by atoms with Crippen LogP contribution in [-0.2, 0) is 4.74 Å². The van der Waals surface area contributed by atoms with Crippen LogP contribution in [0.5, 0.6) is 0 Å². The van der Waals surface area contributed by atoms with Crippen molar-refractivity contribution in [2.45, 2.75) is 44.0 Å². The largest absolute Gasteiger partial charge is 0.388 e. The predicted octanol–water partition coefficient (Wildman–Crippen LogP) is -1.84. The summed E-state index contributed by atoms with van der Waals surface area (Å²) in [5, 5.41) is 27.8. The first-order valence-electron chi connectivity index (χ1n) is 4.03. The molecule has 0 aromatic heterocycles. The van der Waals surface area contributed by atoms with Crippen molar-refractivity contribution < 1.29 is 20.1 Å². The highest BCUT2D eigenvalue weighted by atomic mass is 16.6. The van der Waals surface area contributed by atoms with Crippen LogP contribution < -0.4 is 5.73 Å². The van der Waals surface area contributed by atoms with Gasteiger partial charge in [-0.2, -0.15) is 0 Å². The first kappa shape index (κ1) is 9.88. The van der Waals surface area contributed by atoms with E-state index in [0.29, 0.717) is 6.42 Å². The molecule has 0 saturated carbocycles. The van der Waals surface area contributed by atoms with E-state index in [4.69, 9.17) is 15.6 Å². The molecule has 12 heavy (non-hydrogen) atoms. The number of rotatable bonds is 1. The van der Waals surface area contributed by atoms with Crippen LogP contribution in [0.15, 0.2) is 0 Å². The molecule has 0 aromatic rings. The summed E-state index contributed by atoms with van der Waals surface area (Å²) in [5.41, 5.74) is 5.34. The quantitative estimate of drug-likeness (QED) is 0.377. The highest BCUT2D eigenvalue weighted by Gasteiger charge is 2.40. The van der Waals surface area contributed by atoms with E-state index in [9.17, 15) is 10.2 Å². The zero-order valence-corrected chi connectivity index (χ0v) is 6.92. The fourth-order valence-electron chi connectivity index (χ4n) is 1.30. The van der Waals surface area contributed by atoms with Gasteiger partial charge in [0.25, 0.3) is 0 Å². The van der Waals surface area contributed by atoms with Crippen LogP contribution in [0, 0.1) is 0 Å². The van der Waals surface area contributed by atoms with Gasteiger partial charge in [0.2, 0.25) is 0 Å². The molecule has 1 saturated heterocycles. The van der Waals surface area contributed by atoms with E-state index in [1.165, 1.54) is 0 Å². The lowest BCUT2D eigenvalue weighted by Crippen LogP contribution is -2.60. The Morgan fingerprint density at radius 1 is 1.25 bits per heavy atom. The number of hydrogen-bond donors (Lipinski definition) is 4. The molecule has 1 heterocycles. The summed E-state index contributed by atoms with van der Waals surface area (Å²) in [4.78, 5) is 0. The van der Waals surface area contributed by atoms with Crippen molar-refractivity contribution >= 4 is 0 Å². The summed E-state index contributed by atoms with van der Waals surface area (Å²) in [7, 11) is 0. The van der Waals surface area contributed by atoms with E-state index in [2.05, 4.69) is 0 Å². The van der Waals surface area contributed by atoms with Gasteiger partial charge in [-0.25, -0.2) is 0 Å². The van der Waals surface area contributed by atoms with Crippen molar-refractivity contribution in [3.63, 3.8) is 0 Å². The van der Waals surface area contributed by atoms with Gasteiger partial charge in [0.1, 0.15) is 12.2 Å². The number of hydrogen-bond acceptors (Lipinski definition) is 5. The van der Waals surface area contributed by atoms with Crippen molar-refractivity contribution in [2.24, 2.45) is 5.73 Å². The second-order valence-electron chi connectivity index (χ2n) is 3.03. The van der Waals surface area contributed by atoms with E-state index in [-0.39, 0.29) is 0 Å². The first-order chi connectivity index (χ1) is 5.57. The molecule has 1 aliphatic rings. The molecular formula is C7H15NO4. The third kappa shape index (κ3) is 1.60. The molecule has 0 bridgehead atoms. The van der Waals surface area contributed by atoms with Gasteiger partial charge in [-0.15, -0.1) is 0 Å². The topological polar surface area (TPSA) is 95.9 Å². The Kier molecular flexibility index (Phi) is 3.03. The maximum atomic E-state index is 9.36. The molecule has 1 rings (SSSR count). The normalized spacial score (nSPS) is 49.2. The maximum Gasteiger partial charge on any atom is 0.172 e. The summed E-state index contributed by atoms with van der Waals surface area (Å²) in [6.07, 6.45) is -3.31. The van der Waals surface area contributed by atoms with Gasteiger partial charge >= 0.3 is 0 Å². The van der Waals surface area contributed by atoms with Crippen LogP contribution >= 0.6 is 0 Å². The minimum absolute atomic E-state index is 0.530. The smallest absolute Gasteiger partial charge is 0.172 e. The molecule has 5 nitrogen and oxygen atoms in total. The Hall–Kier alpha value is -0.200. The SMILES string of the molecule is CC[C@@H]1O[C@H](O)[C@H](N)[C@H](O)[C@H]1O. The van der Waals surface area contributed by atoms with Crippen molar-refractivity contribution in [1.29, 1.82) is 0 Å². The Morgan fingerprint density at radius 2 is 1.83 bits per heavy atom. The third-order valence-corrected chi connectivity index (χ3v) is 2.17. The van der Waals surface area contributed by atoms with Crippen LogP contribution in [-0.4, -0.2) is 46.0 Å². The molecule has 1 aliphatic heterocycles. The van der Waals surface area contributed by atoms with Crippen molar-refractivity contribution in [3.05, 3.63) is 0 Å². The molecule has 0 aromatic carbocycles. The Balaban J connectivity index is 2.63. The van der Waals surface area contributed by atoms with E-state index >= 15 is 0 Å². The van der Waals surface area contributed by atoms with Gasteiger partial charge in [0, 0.05) is 0 Å². The van der Waals surface area contributed by atoms with Crippen LogP contribution in [0.25, 0.3) is 0 Å². The van der Waals surface area contributed by atoms with Crippen molar-refractivity contribution in [1.82, 2.24) is 0 Å². The summed E-state index contributed by atoms with van der Waals surface area (Å²) < 4.78 is 4.95. The van der Waals surface area contributed by atoms with Gasteiger partial charge in [-0.1, -0.05) is 6.92 Å². The van der Waals surface area contributed by atoms with Gasteiger partial charge in [-0.05, 0) is 6.42 Å². The minimum Gasteiger partial charge on any atom is -0.388 e. The maximum absolute atomic E-state index is 9.36. The molecule has 72 valence electrons. The molecule has 0 spiro atoms. The molecule has 5 N–H and O–H groups in total. The summed E-state index contributed by atoms with van der Waals surface area (Å²) in [5.74, 6) is 0. The Labute approximate surface area is 70.8 Å². The molecule has 0 radical (unpaired) electrons. The monoisotopic (exact) mass is 177 g/mol. The molecule has 0 aliphatic carbocycles. The summed E-state index contributed by atoms with van der Waals surface area (Å²) in [6, 6.07) is -0.928. The van der Waals surface area contributed by atoms with Crippen LogP contribution in [0.1, 0.15) is 13.3 Å². The molecule has 0 amide bonds. The number of nitrogens with two attached hydrogens (primary N) is 1. The lowest BCUT2D eigenvalue weighted by molar-refractivity contribution is -0.242. The Bertz CT molecular complexity index is 150. The Morgan fingerprint density at radius 3 is 2.33 bits per heavy atom. The second kappa shape index (κ2) is 3.68. The highest BCUT2D eigenvalue weighted by molar-refractivity contribution is 4.90. The third-order valence-electron chi connectivity index (χ3n) is 2.17. The standard InChI is InChI=1S/C7H15NO4/c1-2-3-5(9)6(10)4(8)7(11)12-3/h3-7,9-11H,2,8H2,1H3/t3-,4+,5-,6-,7-/m0/s1. The summed E-state index contributed by atoms with van der Waals surface area (Å²) >= 11 is 0. The van der Waals surface area contributed by atoms with Crippen LogP contribution in [0.3, 0.4) is 0 Å². The average molecular weight is 177 g/mol. The second-order valence-corrected chi connectivity index (χ2v) is 3.03. The molecular weight excluding hydrogens is 162 g/mol. The van der Waals surface area contributed by atoms with E-state index < -0.39 is 30.6 Å². The number of aliphatic hydroxyl groups is 3. The van der Waals surface area contributed by atoms with Crippen LogP contribution in [0.2, 0.25) is 0 Å². The molecule has 5 atom stereocenters. The zero-order valence-electron chi connectivity index (χ0n) is 6.92. The zero-order chi connectivity index (χ0) is 9.30. The fourth-order valence-corrected chi connectivity index (χ4v) is 1.30. The lowest BCUT2D eigenvalue weighted by Gasteiger charge is -2.38. The fraction of sp³-hybridized carbons (Fsp3) is 1.00. The van der Waals surface area contributed by atoms with Crippen molar-refractivity contribution in [3.8, 4) is 0 Å². The minimum atomic E-state index is -1.19. The molecule has 1 fully saturated rings. The van der Waals surface area contributed by atoms with Crippen LogP contribution in [0.4, 0.5) is 0 Å². The van der Waals surface area contributed by atoms with Gasteiger partial charge in [-0.3, -0.25) is 0 Å². The van der Waals surface area contributed by atoms with Gasteiger partial charge in [0.05, 0.1) is 12.1 Å². The van der Waals surface area contributed by atoms with Crippen molar-refractivity contribution in [2.75, 3.05) is 0 Å². The van der Waals surface area contributed by atoms with E-state index in [0.717, 1.165) is 0 Å². The predicted molar refractivity (Wildman–Crippen MR) is 41.2 cm³/mol. The van der Waals surface area contributed by atoms with Gasteiger partial charge < -0.3 is 25.8 Å². The average Bonchev–Trinajstić information content (AvgIpc) is 2.08. The lowest BCUT2D eigenvalue weighted by atomic mass is 9.96. The molecule has 5 heteroatoms. The van der Waals surface area contributed by atoms with E-state index in [1.54, 1.807) is 6.92 Å². The summed E-state index contributed by atoms with van der Waals surface area (Å²) in [6.45, 7) is 1.80. The number of ether oxygens (including phenoxy) is 1. The van der Waals surface area contributed by atoms with Gasteiger partial charge in [0.15, 0.2) is 6.29 Å². The number of aliphatic hydroxyl groups excluding tert-OH is 3. The van der Waals surface area contributed by atoms with E-state index in [1.807, 2.05) is 0 Å². The first-order valence-corrected chi connectivity index (χ1v) is 4.03. The molecule has 0 unspecified atom stereocenters. The highest BCUT2D eigenvalue weighted by Crippen LogP contribution is 2.20.